The van der Waals surface area contributed by atoms with E-state index in [1.807, 2.05) is 37.3 Å². The Morgan fingerprint density at radius 1 is 1.29 bits per heavy atom. The third kappa shape index (κ3) is 8.73. The van der Waals surface area contributed by atoms with Crippen molar-refractivity contribution in [2.45, 2.75) is 53.2 Å². The molecule has 0 aliphatic heterocycles. The summed E-state index contributed by atoms with van der Waals surface area (Å²) in [6, 6.07) is 9.73. The van der Waals surface area contributed by atoms with E-state index in [-0.39, 0.29) is 24.2 Å². The van der Waals surface area contributed by atoms with E-state index in [0.717, 1.165) is 30.5 Å². The number of benzene rings is 1. The Labute approximate surface area is 146 Å². The van der Waals surface area contributed by atoms with E-state index < -0.39 is 0 Å². The van der Waals surface area contributed by atoms with Crippen LogP contribution in [0, 0.1) is 5.41 Å². The number of carbonyl (C=O) groups excluding carboxylic acids is 1. The van der Waals surface area contributed by atoms with Crippen LogP contribution >= 0.6 is 0 Å². The summed E-state index contributed by atoms with van der Waals surface area (Å²) in [5.74, 6) is 0. The van der Waals surface area contributed by atoms with Gasteiger partial charge in [0.2, 0.25) is 0 Å². The minimum absolute atomic E-state index is 0.0302. The van der Waals surface area contributed by atoms with E-state index in [1.165, 1.54) is 0 Å². The predicted octanol–water partition coefficient (Wildman–Crippen LogP) is 4.27. The lowest BCUT2D eigenvalue weighted by atomic mass is 9.83. The maximum atomic E-state index is 12.1. The largest absolute Gasteiger partial charge is 0.445 e. The highest BCUT2D eigenvalue weighted by Crippen LogP contribution is 2.26. The molecule has 2 N–H and O–H groups in total. The van der Waals surface area contributed by atoms with E-state index in [0.29, 0.717) is 6.54 Å². The summed E-state index contributed by atoms with van der Waals surface area (Å²) in [5, 5.41) is 6.34. The van der Waals surface area contributed by atoms with E-state index in [4.69, 9.17) is 4.74 Å². The molecule has 1 aromatic carbocycles. The number of amides is 1. The van der Waals surface area contributed by atoms with Crippen molar-refractivity contribution in [2.24, 2.45) is 5.41 Å². The van der Waals surface area contributed by atoms with Crippen LogP contribution in [0.5, 0.6) is 0 Å². The molecule has 4 heteroatoms. The second-order valence-corrected chi connectivity index (χ2v) is 7.21. The van der Waals surface area contributed by atoms with Gasteiger partial charge in [0, 0.05) is 19.1 Å². The van der Waals surface area contributed by atoms with E-state index in [9.17, 15) is 4.79 Å². The summed E-state index contributed by atoms with van der Waals surface area (Å²) < 4.78 is 5.34. The number of carbonyl (C=O) groups is 1. The van der Waals surface area contributed by atoms with Crippen molar-refractivity contribution in [3.63, 3.8) is 0 Å². The van der Waals surface area contributed by atoms with Gasteiger partial charge >= 0.3 is 6.09 Å². The predicted molar refractivity (Wildman–Crippen MR) is 99.9 cm³/mol. The molecule has 1 atom stereocenters. The van der Waals surface area contributed by atoms with Gasteiger partial charge in [0.05, 0.1) is 0 Å². The summed E-state index contributed by atoms with van der Waals surface area (Å²) in [5.41, 5.74) is 2.23. The zero-order chi connectivity index (χ0) is 18.0. The molecule has 0 saturated carbocycles. The van der Waals surface area contributed by atoms with Crippen LogP contribution in [0.3, 0.4) is 0 Å². The van der Waals surface area contributed by atoms with Gasteiger partial charge in [-0.2, -0.15) is 0 Å². The van der Waals surface area contributed by atoms with Gasteiger partial charge in [-0.15, -0.1) is 0 Å². The van der Waals surface area contributed by atoms with Crippen LogP contribution < -0.4 is 10.6 Å². The molecule has 134 valence electrons. The molecule has 0 aromatic heterocycles. The van der Waals surface area contributed by atoms with Gasteiger partial charge in [-0.05, 0) is 24.3 Å². The molecule has 0 aliphatic carbocycles. The summed E-state index contributed by atoms with van der Waals surface area (Å²) in [6.07, 6.45) is 1.59. The lowest BCUT2D eigenvalue weighted by molar-refractivity contribution is 0.131. The fraction of sp³-hybridized carbons (Fsp3) is 0.550. The molecular weight excluding hydrogens is 300 g/mol. The third-order valence-corrected chi connectivity index (χ3v) is 4.11. The summed E-state index contributed by atoms with van der Waals surface area (Å²) in [6.45, 7) is 14.2. The minimum atomic E-state index is -0.368. The Kier molecular flexibility index (Phi) is 8.55. The van der Waals surface area contributed by atoms with Crippen molar-refractivity contribution in [3.8, 4) is 0 Å². The van der Waals surface area contributed by atoms with Crippen molar-refractivity contribution in [1.29, 1.82) is 0 Å². The van der Waals surface area contributed by atoms with Crippen LogP contribution in [0.25, 0.3) is 0 Å². The number of rotatable bonds is 10. The van der Waals surface area contributed by atoms with Gasteiger partial charge in [-0.1, -0.05) is 69.7 Å². The maximum Gasteiger partial charge on any atom is 0.407 e. The molecular formula is C20H32N2O2. The average Bonchev–Trinajstić information content (AvgIpc) is 2.53. The van der Waals surface area contributed by atoms with Gasteiger partial charge in [0.1, 0.15) is 6.61 Å². The van der Waals surface area contributed by atoms with Crippen LogP contribution in [-0.2, 0) is 11.3 Å². The Morgan fingerprint density at radius 2 is 1.96 bits per heavy atom. The molecule has 1 amide bonds. The molecule has 1 rings (SSSR count). The molecule has 0 unspecified atom stereocenters. The van der Waals surface area contributed by atoms with Gasteiger partial charge in [-0.3, -0.25) is 0 Å². The number of hydrogen-bond acceptors (Lipinski definition) is 3. The van der Waals surface area contributed by atoms with Crippen molar-refractivity contribution < 1.29 is 9.53 Å². The first kappa shape index (κ1) is 20.2. The van der Waals surface area contributed by atoms with Crippen LogP contribution in [0.4, 0.5) is 4.79 Å². The molecule has 0 heterocycles. The molecule has 0 saturated heterocycles. The normalized spacial score (nSPS) is 12.5. The highest BCUT2D eigenvalue weighted by Gasteiger charge is 2.23. The third-order valence-electron chi connectivity index (χ3n) is 4.11. The Bertz CT molecular complexity index is 512. The molecule has 0 fully saturated rings. The number of ether oxygens (including phenoxy) is 1. The first-order valence-electron chi connectivity index (χ1n) is 8.64. The Hall–Kier alpha value is -1.81. The zero-order valence-corrected chi connectivity index (χ0v) is 15.5. The van der Waals surface area contributed by atoms with Crippen molar-refractivity contribution in [2.75, 3.05) is 13.1 Å². The van der Waals surface area contributed by atoms with Crippen LogP contribution in [0.15, 0.2) is 42.5 Å². The number of nitrogens with one attached hydrogen (secondary N) is 2. The summed E-state index contributed by atoms with van der Waals surface area (Å²) in [4.78, 5) is 12.1. The van der Waals surface area contributed by atoms with Crippen LogP contribution in [0.2, 0.25) is 0 Å². The van der Waals surface area contributed by atoms with Crippen molar-refractivity contribution >= 4 is 6.09 Å². The average molecular weight is 332 g/mol. The molecule has 0 spiro atoms. The van der Waals surface area contributed by atoms with Crippen LogP contribution in [-0.4, -0.2) is 25.2 Å². The van der Waals surface area contributed by atoms with Gasteiger partial charge < -0.3 is 15.4 Å². The molecule has 0 bridgehead atoms. The minimum Gasteiger partial charge on any atom is -0.445 e. The first-order valence-corrected chi connectivity index (χ1v) is 8.64. The monoisotopic (exact) mass is 332 g/mol. The second kappa shape index (κ2) is 10.1. The molecule has 24 heavy (non-hydrogen) atoms. The number of alkyl carbamates (subject to hydrolysis) is 1. The molecule has 0 radical (unpaired) electrons. The Morgan fingerprint density at radius 3 is 2.54 bits per heavy atom. The fourth-order valence-corrected chi connectivity index (χ4v) is 2.38. The zero-order valence-electron chi connectivity index (χ0n) is 15.5. The fourth-order valence-electron chi connectivity index (χ4n) is 2.38. The standard InChI is InChI=1S/C20H32N2O2/c1-6-20(4,5)12-18(14-21-13-16(2)3)22-19(23)24-15-17-10-8-7-9-11-17/h7-11,18,21H,2,6,12-15H2,1,3-5H3,(H,22,23)/t18-/m0/s1. The summed E-state index contributed by atoms with van der Waals surface area (Å²) >= 11 is 0. The molecule has 0 aliphatic rings. The maximum absolute atomic E-state index is 12.1. The Balaban J connectivity index is 2.51. The van der Waals surface area contributed by atoms with Gasteiger partial charge in [0.25, 0.3) is 0 Å². The van der Waals surface area contributed by atoms with Gasteiger partial charge in [-0.25, -0.2) is 4.79 Å². The van der Waals surface area contributed by atoms with Crippen molar-refractivity contribution in [3.05, 3.63) is 48.0 Å². The number of hydrogen-bond donors (Lipinski definition) is 2. The second-order valence-electron chi connectivity index (χ2n) is 7.21. The topological polar surface area (TPSA) is 50.4 Å². The quantitative estimate of drug-likeness (QED) is 0.629. The first-order chi connectivity index (χ1) is 11.3. The smallest absolute Gasteiger partial charge is 0.407 e. The van der Waals surface area contributed by atoms with E-state index >= 15 is 0 Å². The molecule has 1 aromatic rings. The lowest BCUT2D eigenvalue weighted by Gasteiger charge is -2.29. The highest BCUT2D eigenvalue weighted by molar-refractivity contribution is 5.67. The summed E-state index contributed by atoms with van der Waals surface area (Å²) in [7, 11) is 0. The lowest BCUT2D eigenvalue weighted by Crippen LogP contribution is -2.44. The molecule has 4 nitrogen and oxygen atoms in total. The SMILES string of the molecule is C=C(C)CNC[C@H](CC(C)(C)CC)NC(=O)OCc1ccccc1. The van der Waals surface area contributed by atoms with Gasteiger partial charge in [0.15, 0.2) is 0 Å². The van der Waals surface area contributed by atoms with E-state index in [1.54, 1.807) is 0 Å². The van der Waals surface area contributed by atoms with Crippen molar-refractivity contribution in [1.82, 2.24) is 10.6 Å². The highest BCUT2D eigenvalue weighted by atomic mass is 16.5. The van der Waals surface area contributed by atoms with Crippen LogP contribution in [0.1, 0.15) is 46.1 Å². The van der Waals surface area contributed by atoms with E-state index in [2.05, 4.69) is 38.0 Å².